The lowest BCUT2D eigenvalue weighted by atomic mass is 10.2. The van der Waals surface area contributed by atoms with E-state index in [-0.39, 0.29) is 5.75 Å². The van der Waals surface area contributed by atoms with Crippen molar-refractivity contribution >= 4 is 39.0 Å². The van der Waals surface area contributed by atoms with Crippen LogP contribution in [0.2, 0.25) is 0 Å². The number of halogens is 1. The van der Waals surface area contributed by atoms with Gasteiger partial charge in [0, 0.05) is 11.8 Å². The molecule has 0 fully saturated rings. The van der Waals surface area contributed by atoms with Crippen molar-refractivity contribution in [2.45, 2.75) is 0 Å². The van der Waals surface area contributed by atoms with E-state index in [0.717, 1.165) is 10.2 Å². The summed E-state index contributed by atoms with van der Waals surface area (Å²) in [5, 5.41) is 5.81. The first-order valence-corrected chi connectivity index (χ1v) is 6.91. The van der Waals surface area contributed by atoms with Crippen molar-refractivity contribution < 1.29 is 9.13 Å². The fraction of sp³-hybridized carbons (Fsp3) is 0.0769. The summed E-state index contributed by atoms with van der Waals surface area (Å²) in [5.41, 5.74) is 2.97. The average Bonchev–Trinajstić information content (AvgIpc) is 2.96. The molecule has 0 saturated heterocycles. The predicted octanol–water partition coefficient (Wildman–Crippen LogP) is 2.87. The first-order chi connectivity index (χ1) is 10.2. The number of ether oxygens (including phenoxy) is 1. The highest BCUT2D eigenvalue weighted by Crippen LogP contribution is 2.29. The molecule has 6 nitrogen and oxygen atoms in total. The minimum absolute atomic E-state index is 0.188. The number of nitrogens with two attached hydrogens (primary N) is 1. The number of anilines is 3. The highest BCUT2D eigenvalue weighted by Gasteiger charge is 2.10. The Hall–Kier alpha value is -2.45. The van der Waals surface area contributed by atoms with E-state index in [2.05, 4.69) is 20.7 Å². The van der Waals surface area contributed by atoms with Crippen molar-refractivity contribution in [2.24, 2.45) is 5.84 Å². The van der Waals surface area contributed by atoms with Gasteiger partial charge in [0.1, 0.15) is 10.6 Å². The third-order valence-corrected chi connectivity index (χ3v) is 3.68. The number of aromatic nitrogens is 2. The minimum atomic E-state index is -0.449. The van der Waals surface area contributed by atoms with Crippen molar-refractivity contribution in [2.75, 3.05) is 17.9 Å². The number of benzene rings is 1. The van der Waals surface area contributed by atoms with Gasteiger partial charge in [-0.05, 0) is 23.6 Å². The molecule has 0 spiro atoms. The van der Waals surface area contributed by atoms with Gasteiger partial charge in [0.15, 0.2) is 11.6 Å². The Morgan fingerprint density at radius 3 is 2.86 bits per heavy atom. The van der Waals surface area contributed by atoms with Crippen LogP contribution in [0.15, 0.2) is 29.6 Å². The number of fused-ring (bicyclic) bond motifs is 1. The largest absolute Gasteiger partial charge is 0.494 e. The summed E-state index contributed by atoms with van der Waals surface area (Å²) in [6.45, 7) is 0. The second-order valence-corrected chi connectivity index (χ2v) is 5.05. The predicted molar refractivity (Wildman–Crippen MR) is 81.5 cm³/mol. The normalized spacial score (nSPS) is 10.6. The maximum atomic E-state index is 13.7. The summed E-state index contributed by atoms with van der Waals surface area (Å²) in [5.74, 6) is 5.95. The molecule has 0 radical (unpaired) electrons. The molecule has 4 N–H and O–H groups in total. The van der Waals surface area contributed by atoms with Gasteiger partial charge in [0.25, 0.3) is 0 Å². The third-order valence-electron chi connectivity index (χ3n) is 2.87. The molecule has 0 aliphatic rings. The summed E-state index contributed by atoms with van der Waals surface area (Å²) in [6, 6.07) is 6.49. The molecule has 108 valence electrons. The molecule has 0 aliphatic carbocycles. The van der Waals surface area contributed by atoms with Crippen molar-refractivity contribution in [1.29, 1.82) is 0 Å². The SMILES string of the molecule is COc1ccc(Nc2nc(NN)nc3sccc23)cc1F. The van der Waals surface area contributed by atoms with Gasteiger partial charge in [0.05, 0.1) is 12.5 Å². The standard InChI is InChI=1S/C13H12FN5OS/c1-20-10-3-2-7(6-9(10)14)16-11-8-4-5-21-12(8)18-13(17-11)19-15/h2-6H,15H2,1H3,(H2,16,17,18,19). The smallest absolute Gasteiger partial charge is 0.240 e. The van der Waals surface area contributed by atoms with Crippen LogP contribution in [0.25, 0.3) is 10.2 Å². The Labute approximate surface area is 123 Å². The molecule has 1 aromatic carbocycles. The zero-order valence-corrected chi connectivity index (χ0v) is 11.9. The quantitative estimate of drug-likeness (QED) is 0.507. The molecular formula is C13H12FN5OS. The first kappa shape index (κ1) is 13.5. The second-order valence-electron chi connectivity index (χ2n) is 4.15. The van der Waals surface area contributed by atoms with Crippen LogP contribution in [0.5, 0.6) is 5.75 Å². The zero-order chi connectivity index (χ0) is 14.8. The molecule has 0 saturated carbocycles. The van der Waals surface area contributed by atoms with E-state index in [4.69, 9.17) is 10.6 Å². The summed E-state index contributed by atoms with van der Waals surface area (Å²) >= 11 is 1.47. The van der Waals surface area contributed by atoms with E-state index in [0.29, 0.717) is 17.5 Å². The maximum Gasteiger partial charge on any atom is 0.240 e. The van der Waals surface area contributed by atoms with Gasteiger partial charge in [-0.1, -0.05) is 0 Å². The lowest BCUT2D eigenvalue weighted by Crippen LogP contribution is -2.11. The van der Waals surface area contributed by atoms with Gasteiger partial charge in [-0.2, -0.15) is 4.98 Å². The van der Waals surface area contributed by atoms with Gasteiger partial charge in [-0.15, -0.1) is 11.3 Å². The molecule has 8 heteroatoms. The summed E-state index contributed by atoms with van der Waals surface area (Å²) in [7, 11) is 1.42. The monoisotopic (exact) mass is 305 g/mol. The van der Waals surface area contributed by atoms with E-state index >= 15 is 0 Å². The summed E-state index contributed by atoms with van der Waals surface area (Å²) < 4.78 is 18.6. The van der Waals surface area contributed by atoms with Crippen molar-refractivity contribution in [1.82, 2.24) is 9.97 Å². The molecule has 0 amide bonds. The highest BCUT2D eigenvalue weighted by molar-refractivity contribution is 7.16. The molecule has 3 rings (SSSR count). The lowest BCUT2D eigenvalue weighted by molar-refractivity contribution is 0.386. The zero-order valence-electron chi connectivity index (χ0n) is 11.1. The van der Waals surface area contributed by atoms with Gasteiger partial charge in [0.2, 0.25) is 5.95 Å². The third kappa shape index (κ3) is 2.58. The van der Waals surface area contributed by atoms with Crippen molar-refractivity contribution in [3.63, 3.8) is 0 Å². The van der Waals surface area contributed by atoms with Crippen LogP contribution in [-0.2, 0) is 0 Å². The van der Waals surface area contributed by atoms with Crippen LogP contribution >= 0.6 is 11.3 Å². The van der Waals surface area contributed by atoms with E-state index in [9.17, 15) is 4.39 Å². The Balaban J connectivity index is 2.01. The van der Waals surface area contributed by atoms with Crippen molar-refractivity contribution in [3.8, 4) is 5.75 Å². The lowest BCUT2D eigenvalue weighted by Gasteiger charge is -2.09. The van der Waals surface area contributed by atoms with E-state index < -0.39 is 5.82 Å². The van der Waals surface area contributed by atoms with Crippen LogP contribution < -0.4 is 21.3 Å². The Kier molecular flexibility index (Phi) is 3.55. The van der Waals surface area contributed by atoms with E-state index in [1.54, 1.807) is 12.1 Å². The van der Waals surface area contributed by atoms with Crippen LogP contribution in [-0.4, -0.2) is 17.1 Å². The molecule has 0 atom stereocenters. The van der Waals surface area contributed by atoms with E-state index in [1.165, 1.54) is 24.5 Å². The van der Waals surface area contributed by atoms with Crippen LogP contribution in [0, 0.1) is 5.82 Å². The maximum absolute atomic E-state index is 13.7. The Bertz CT molecular complexity index is 791. The molecule has 0 aliphatic heterocycles. The number of nitrogen functional groups attached to an aromatic ring is 1. The average molecular weight is 305 g/mol. The molecule has 2 heterocycles. The molecule has 0 bridgehead atoms. The molecule has 0 unspecified atom stereocenters. The highest BCUT2D eigenvalue weighted by atomic mass is 32.1. The Morgan fingerprint density at radius 2 is 2.14 bits per heavy atom. The number of nitrogens with one attached hydrogen (secondary N) is 2. The fourth-order valence-electron chi connectivity index (χ4n) is 1.90. The number of hydrogen-bond donors (Lipinski definition) is 3. The van der Waals surface area contributed by atoms with Gasteiger partial charge in [-0.3, -0.25) is 5.43 Å². The van der Waals surface area contributed by atoms with Gasteiger partial charge < -0.3 is 10.1 Å². The number of nitrogens with zero attached hydrogens (tertiary/aromatic N) is 2. The summed E-state index contributed by atoms with van der Waals surface area (Å²) in [6.07, 6.45) is 0. The number of rotatable bonds is 4. The van der Waals surface area contributed by atoms with Gasteiger partial charge in [-0.25, -0.2) is 15.2 Å². The topological polar surface area (TPSA) is 85.1 Å². The van der Waals surface area contributed by atoms with E-state index in [1.807, 2.05) is 11.4 Å². The fourth-order valence-corrected chi connectivity index (χ4v) is 2.66. The molecule has 2 aromatic heterocycles. The number of hydrogen-bond acceptors (Lipinski definition) is 7. The van der Waals surface area contributed by atoms with Gasteiger partial charge >= 0.3 is 0 Å². The molecule has 21 heavy (non-hydrogen) atoms. The molecular weight excluding hydrogens is 293 g/mol. The number of thiophene rings is 1. The van der Waals surface area contributed by atoms with Crippen LogP contribution in [0.1, 0.15) is 0 Å². The van der Waals surface area contributed by atoms with Crippen molar-refractivity contribution in [3.05, 3.63) is 35.5 Å². The van der Waals surface area contributed by atoms with Crippen LogP contribution in [0.4, 0.5) is 21.8 Å². The number of hydrazine groups is 1. The first-order valence-electron chi connectivity index (χ1n) is 6.03. The summed E-state index contributed by atoms with van der Waals surface area (Å²) in [4.78, 5) is 9.28. The second kappa shape index (κ2) is 5.51. The minimum Gasteiger partial charge on any atom is -0.494 e. The molecule has 3 aromatic rings. The Morgan fingerprint density at radius 1 is 1.29 bits per heavy atom. The number of methoxy groups -OCH3 is 1. The van der Waals surface area contributed by atoms with Crippen LogP contribution in [0.3, 0.4) is 0 Å².